The number of carbonyl (C=O) groups excluding carboxylic acids is 1. The summed E-state index contributed by atoms with van der Waals surface area (Å²) >= 11 is 5.40. The van der Waals surface area contributed by atoms with E-state index in [1.165, 1.54) is 0 Å². The highest BCUT2D eigenvalue weighted by atomic mass is 35.5. The molecule has 0 amide bonds. The maximum atomic E-state index is 11.0. The summed E-state index contributed by atoms with van der Waals surface area (Å²) in [5.41, 5.74) is 2.23. The lowest BCUT2D eigenvalue weighted by atomic mass is 10.1. The van der Waals surface area contributed by atoms with Gasteiger partial charge < -0.3 is 9.47 Å². The van der Waals surface area contributed by atoms with Gasteiger partial charge in [-0.2, -0.15) is 0 Å². The molecule has 1 rings (SSSR count). The topological polar surface area (TPSA) is 35.5 Å². The maximum absolute atomic E-state index is 11.0. The molecule has 82 valence electrons. The van der Waals surface area contributed by atoms with E-state index in [4.69, 9.17) is 21.1 Å². The summed E-state index contributed by atoms with van der Waals surface area (Å²) in [5, 5.41) is -0.459. The minimum absolute atomic E-state index is 0.190. The molecular formula is C11H13ClO3. The first-order valence-electron chi connectivity index (χ1n) is 4.49. The molecule has 0 bridgehead atoms. The third-order valence-corrected chi connectivity index (χ3v) is 2.23. The van der Waals surface area contributed by atoms with Crippen molar-refractivity contribution in [3.63, 3.8) is 0 Å². The van der Waals surface area contributed by atoms with Crippen LogP contribution in [0.1, 0.15) is 21.5 Å². The first kappa shape index (κ1) is 12.0. The minimum atomic E-state index is -0.459. The average molecular weight is 229 g/mol. The lowest BCUT2D eigenvalue weighted by Gasteiger charge is -2.11. The molecule has 0 saturated heterocycles. The normalized spacial score (nSPS) is 10.1. The van der Waals surface area contributed by atoms with Crippen molar-refractivity contribution in [2.75, 3.05) is 13.9 Å². The van der Waals surface area contributed by atoms with E-state index in [9.17, 15) is 4.79 Å². The number of ether oxygens (including phenoxy) is 2. The summed E-state index contributed by atoms with van der Waals surface area (Å²) in [5.74, 6) is 0.735. The highest BCUT2D eigenvalue weighted by Gasteiger charge is 2.09. The molecule has 1 aromatic rings. The lowest BCUT2D eigenvalue weighted by molar-refractivity contribution is 0.0501. The minimum Gasteiger partial charge on any atom is -0.467 e. The SMILES string of the molecule is COCOc1c(C)cc(C(=O)Cl)cc1C. The number of methoxy groups -OCH3 is 1. The molecule has 0 N–H and O–H groups in total. The van der Waals surface area contributed by atoms with Gasteiger partial charge in [0.15, 0.2) is 6.79 Å². The van der Waals surface area contributed by atoms with Gasteiger partial charge in [-0.1, -0.05) is 0 Å². The Morgan fingerprint density at radius 2 is 1.87 bits per heavy atom. The molecule has 4 heteroatoms. The third-order valence-electron chi connectivity index (χ3n) is 2.01. The van der Waals surface area contributed by atoms with E-state index in [1.807, 2.05) is 13.8 Å². The fourth-order valence-corrected chi connectivity index (χ4v) is 1.52. The molecule has 0 aliphatic rings. The highest BCUT2D eigenvalue weighted by molar-refractivity contribution is 6.67. The molecule has 15 heavy (non-hydrogen) atoms. The monoisotopic (exact) mass is 228 g/mol. The van der Waals surface area contributed by atoms with E-state index in [0.717, 1.165) is 16.9 Å². The Kier molecular flexibility index (Phi) is 4.12. The van der Waals surface area contributed by atoms with E-state index in [-0.39, 0.29) is 6.79 Å². The Morgan fingerprint density at radius 1 is 1.33 bits per heavy atom. The predicted molar refractivity (Wildman–Crippen MR) is 58.6 cm³/mol. The van der Waals surface area contributed by atoms with Crippen LogP contribution in [-0.4, -0.2) is 19.1 Å². The number of halogens is 1. The van der Waals surface area contributed by atoms with Crippen molar-refractivity contribution < 1.29 is 14.3 Å². The van der Waals surface area contributed by atoms with Crippen molar-refractivity contribution in [1.29, 1.82) is 0 Å². The number of aryl methyl sites for hydroxylation is 2. The number of rotatable bonds is 4. The van der Waals surface area contributed by atoms with Crippen molar-refractivity contribution in [3.8, 4) is 5.75 Å². The van der Waals surface area contributed by atoms with Crippen LogP contribution >= 0.6 is 11.6 Å². The van der Waals surface area contributed by atoms with Crippen LogP contribution in [0, 0.1) is 13.8 Å². The number of hydrogen-bond donors (Lipinski definition) is 0. The molecule has 0 fully saturated rings. The lowest BCUT2D eigenvalue weighted by Crippen LogP contribution is -2.03. The van der Waals surface area contributed by atoms with Gasteiger partial charge >= 0.3 is 0 Å². The van der Waals surface area contributed by atoms with E-state index in [2.05, 4.69) is 0 Å². The first-order chi connectivity index (χ1) is 7.06. The van der Waals surface area contributed by atoms with Gasteiger partial charge in [0, 0.05) is 12.7 Å². The molecule has 3 nitrogen and oxygen atoms in total. The molecule has 0 saturated carbocycles. The van der Waals surface area contributed by atoms with Crippen molar-refractivity contribution >= 4 is 16.8 Å². The molecule has 0 aliphatic carbocycles. The summed E-state index contributed by atoms with van der Waals surface area (Å²) in [6, 6.07) is 3.40. The molecule has 0 spiro atoms. The van der Waals surface area contributed by atoms with Crippen molar-refractivity contribution in [3.05, 3.63) is 28.8 Å². The molecule has 1 aromatic carbocycles. The van der Waals surface area contributed by atoms with Gasteiger partial charge in [0.2, 0.25) is 0 Å². The van der Waals surface area contributed by atoms with Crippen LogP contribution in [0.2, 0.25) is 0 Å². The van der Waals surface area contributed by atoms with Gasteiger partial charge in [0.1, 0.15) is 5.75 Å². The van der Waals surface area contributed by atoms with Gasteiger partial charge in [-0.25, -0.2) is 0 Å². The van der Waals surface area contributed by atoms with Crippen molar-refractivity contribution in [1.82, 2.24) is 0 Å². The second-order valence-corrected chi connectivity index (χ2v) is 3.61. The van der Waals surface area contributed by atoms with Crippen molar-refractivity contribution in [2.45, 2.75) is 13.8 Å². The zero-order valence-electron chi connectivity index (χ0n) is 8.96. The van der Waals surface area contributed by atoms with Gasteiger partial charge in [0.05, 0.1) is 0 Å². The Morgan fingerprint density at radius 3 is 2.27 bits per heavy atom. The second kappa shape index (κ2) is 5.14. The average Bonchev–Trinajstić information content (AvgIpc) is 2.16. The molecule has 0 atom stereocenters. The molecule has 0 radical (unpaired) electrons. The Labute approximate surface area is 93.9 Å². The summed E-state index contributed by atoms with van der Waals surface area (Å²) in [6.45, 7) is 3.92. The number of hydrogen-bond acceptors (Lipinski definition) is 3. The van der Waals surface area contributed by atoms with Gasteiger partial charge in [-0.3, -0.25) is 4.79 Å². The molecule has 0 heterocycles. The zero-order valence-corrected chi connectivity index (χ0v) is 9.72. The predicted octanol–water partition coefficient (Wildman–Crippen LogP) is 2.67. The van der Waals surface area contributed by atoms with Crippen LogP contribution in [0.3, 0.4) is 0 Å². The van der Waals surface area contributed by atoms with Gasteiger partial charge in [-0.05, 0) is 48.7 Å². The van der Waals surface area contributed by atoms with E-state index in [0.29, 0.717) is 5.56 Å². The smallest absolute Gasteiger partial charge is 0.252 e. The van der Waals surface area contributed by atoms with Gasteiger partial charge in [0.25, 0.3) is 5.24 Å². The van der Waals surface area contributed by atoms with Crippen LogP contribution in [-0.2, 0) is 4.74 Å². The molecule has 0 aromatic heterocycles. The first-order valence-corrected chi connectivity index (χ1v) is 4.87. The third kappa shape index (κ3) is 2.94. The highest BCUT2D eigenvalue weighted by Crippen LogP contribution is 2.25. The molecule has 0 unspecified atom stereocenters. The Bertz CT molecular complexity index is 351. The van der Waals surface area contributed by atoms with Crippen LogP contribution in [0.25, 0.3) is 0 Å². The largest absolute Gasteiger partial charge is 0.467 e. The number of benzene rings is 1. The Hall–Kier alpha value is -1.06. The van der Waals surface area contributed by atoms with E-state index >= 15 is 0 Å². The molecule has 0 aliphatic heterocycles. The van der Waals surface area contributed by atoms with Gasteiger partial charge in [-0.15, -0.1) is 0 Å². The molecular weight excluding hydrogens is 216 g/mol. The fraction of sp³-hybridized carbons (Fsp3) is 0.364. The zero-order chi connectivity index (χ0) is 11.4. The number of carbonyl (C=O) groups is 1. The second-order valence-electron chi connectivity index (χ2n) is 3.26. The Balaban J connectivity index is 3.04. The van der Waals surface area contributed by atoms with Crippen LogP contribution in [0.15, 0.2) is 12.1 Å². The summed E-state index contributed by atoms with van der Waals surface area (Å²) in [4.78, 5) is 11.0. The van der Waals surface area contributed by atoms with Crippen LogP contribution < -0.4 is 4.74 Å². The van der Waals surface area contributed by atoms with E-state index in [1.54, 1.807) is 19.2 Å². The maximum Gasteiger partial charge on any atom is 0.252 e. The van der Waals surface area contributed by atoms with Crippen molar-refractivity contribution in [2.24, 2.45) is 0 Å². The van der Waals surface area contributed by atoms with Crippen LogP contribution in [0.5, 0.6) is 5.75 Å². The fourth-order valence-electron chi connectivity index (χ4n) is 1.41. The quantitative estimate of drug-likeness (QED) is 0.587. The standard InChI is InChI=1S/C11H13ClO3/c1-7-4-9(11(12)13)5-8(2)10(7)15-6-14-3/h4-5H,6H2,1-3H3. The summed E-state index contributed by atoms with van der Waals surface area (Å²) in [6.07, 6.45) is 0. The summed E-state index contributed by atoms with van der Waals surface area (Å²) < 4.78 is 10.2. The van der Waals surface area contributed by atoms with Crippen LogP contribution in [0.4, 0.5) is 0 Å². The van der Waals surface area contributed by atoms with E-state index < -0.39 is 5.24 Å². The summed E-state index contributed by atoms with van der Waals surface area (Å²) in [7, 11) is 1.56.